The smallest absolute Gasteiger partial charge is 0.338 e. The minimum atomic E-state index is -1.05. The van der Waals surface area contributed by atoms with E-state index in [1.807, 2.05) is 0 Å². The van der Waals surface area contributed by atoms with Gasteiger partial charge in [-0.3, -0.25) is 4.79 Å². The van der Waals surface area contributed by atoms with Gasteiger partial charge in [-0.1, -0.05) is 15.9 Å². The van der Waals surface area contributed by atoms with Crippen LogP contribution in [0.2, 0.25) is 0 Å². The lowest BCUT2D eigenvalue weighted by molar-refractivity contribution is -0.136. The highest BCUT2D eigenvalue weighted by molar-refractivity contribution is 9.09. The quantitative estimate of drug-likeness (QED) is 0.660. The van der Waals surface area contributed by atoms with Crippen LogP contribution in [0.1, 0.15) is 38.9 Å². The molecule has 0 bridgehead atoms. The maximum absolute atomic E-state index is 12.1. The minimum absolute atomic E-state index is 0.290. The van der Waals surface area contributed by atoms with E-state index in [9.17, 15) is 9.59 Å². The van der Waals surface area contributed by atoms with Crippen LogP contribution in [0, 0.1) is 13.8 Å². The van der Waals surface area contributed by atoms with Crippen molar-refractivity contribution in [2.45, 2.75) is 25.6 Å². The van der Waals surface area contributed by atoms with Crippen LogP contribution in [0.3, 0.4) is 0 Å². The van der Waals surface area contributed by atoms with Crippen molar-refractivity contribution in [1.82, 2.24) is 10.2 Å². The van der Waals surface area contributed by atoms with Gasteiger partial charge in [-0.25, -0.2) is 4.79 Å². The molecule has 1 unspecified atom stereocenters. The van der Waals surface area contributed by atoms with Gasteiger partial charge in [-0.15, -0.1) is 0 Å². The number of aryl methyl sites for hydroxylation is 2. The van der Waals surface area contributed by atoms with E-state index < -0.39 is 16.8 Å². The molecule has 7 heteroatoms. The molecule has 1 atom stereocenters. The number of carbonyl (C=O) groups excluding carboxylic acids is 1. The van der Waals surface area contributed by atoms with Gasteiger partial charge >= 0.3 is 11.9 Å². The number of hydrogen-bond donors (Lipinski definition) is 1. The molecule has 1 aromatic heterocycles. The van der Waals surface area contributed by atoms with Crippen molar-refractivity contribution in [2.24, 2.45) is 0 Å². The fraction of sp³-hybridized carbons (Fsp3) is 0.333. The Morgan fingerprint density at radius 3 is 2.64 bits per heavy atom. The summed E-state index contributed by atoms with van der Waals surface area (Å²) in [4.78, 5) is 22.3. The van der Waals surface area contributed by atoms with Gasteiger partial charge < -0.3 is 9.84 Å². The molecule has 0 amide bonds. The molecule has 0 radical (unpaired) electrons. The number of carboxylic acids is 1. The number of aliphatic carboxylic acids is 1. The first-order valence-corrected chi connectivity index (χ1v) is 7.59. The van der Waals surface area contributed by atoms with Crippen molar-refractivity contribution < 1.29 is 19.4 Å². The van der Waals surface area contributed by atoms with Crippen LogP contribution in [0.25, 0.3) is 10.8 Å². The molecule has 1 N–H and O–H groups in total. The number of ether oxygens (including phenoxy) is 1. The van der Waals surface area contributed by atoms with Crippen molar-refractivity contribution in [1.29, 1.82) is 0 Å². The molecule has 0 aliphatic carbocycles. The summed E-state index contributed by atoms with van der Waals surface area (Å²) in [5.74, 6) is -1.45. The number of alkyl halides is 1. The number of fused-ring (bicyclic) bond motifs is 1. The molecule has 6 nitrogen and oxygen atoms in total. The predicted molar refractivity (Wildman–Crippen MR) is 84.3 cm³/mol. The summed E-state index contributed by atoms with van der Waals surface area (Å²) in [6.07, 6.45) is 1.53. The van der Waals surface area contributed by atoms with Crippen LogP contribution in [0.15, 0.2) is 12.3 Å². The van der Waals surface area contributed by atoms with Crippen molar-refractivity contribution in [2.75, 3.05) is 6.61 Å². The van der Waals surface area contributed by atoms with Crippen LogP contribution >= 0.6 is 15.9 Å². The highest BCUT2D eigenvalue weighted by atomic mass is 79.9. The Bertz CT molecular complexity index is 761. The SMILES string of the molecule is CCOC(=O)c1c(C)cc2c(C(Br)C(=O)O)nncc2c1C. The second kappa shape index (κ2) is 6.39. The molecule has 1 heterocycles. The van der Waals surface area contributed by atoms with E-state index >= 15 is 0 Å². The Balaban J connectivity index is 2.73. The Hall–Kier alpha value is -2.02. The van der Waals surface area contributed by atoms with Gasteiger partial charge in [0.05, 0.1) is 24.1 Å². The number of aromatic nitrogens is 2. The number of benzene rings is 1. The summed E-state index contributed by atoms with van der Waals surface area (Å²) in [5, 5.41) is 18.3. The zero-order valence-corrected chi connectivity index (χ0v) is 14.0. The molecule has 0 saturated carbocycles. The molecular weight excluding hydrogens is 352 g/mol. The normalized spacial score (nSPS) is 12.2. The molecule has 116 valence electrons. The van der Waals surface area contributed by atoms with E-state index in [1.165, 1.54) is 6.20 Å². The van der Waals surface area contributed by atoms with E-state index in [2.05, 4.69) is 26.1 Å². The molecule has 2 rings (SSSR count). The number of halogens is 1. The van der Waals surface area contributed by atoms with Crippen LogP contribution in [-0.4, -0.2) is 33.8 Å². The summed E-state index contributed by atoms with van der Waals surface area (Å²) in [6.45, 7) is 5.61. The molecule has 0 saturated heterocycles. The van der Waals surface area contributed by atoms with Crippen LogP contribution in [-0.2, 0) is 9.53 Å². The lowest BCUT2D eigenvalue weighted by atomic mass is 9.95. The van der Waals surface area contributed by atoms with Crippen molar-refractivity contribution in [3.63, 3.8) is 0 Å². The Labute approximate surface area is 135 Å². The zero-order valence-electron chi connectivity index (χ0n) is 12.4. The Morgan fingerprint density at radius 1 is 1.36 bits per heavy atom. The number of rotatable bonds is 4. The van der Waals surface area contributed by atoms with E-state index in [1.54, 1.807) is 26.8 Å². The van der Waals surface area contributed by atoms with Crippen LogP contribution in [0.4, 0.5) is 0 Å². The molecule has 0 fully saturated rings. The third-order valence-corrected chi connectivity index (χ3v) is 4.21. The lowest BCUT2D eigenvalue weighted by Crippen LogP contribution is -2.12. The monoisotopic (exact) mass is 366 g/mol. The number of carboxylic acid groups (broad SMARTS) is 1. The first-order valence-electron chi connectivity index (χ1n) is 6.68. The highest BCUT2D eigenvalue weighted by Gasteiger charge is 2.24. The molecule has 1 aromatic carbocycles. The predicted octanol–water partition coefficient (Wildman–Crippen LogP) is 2.94. The van der Waals surface area contributed by atoms with E-state index in [0.717, 1.165) is 0 Å². The maximum Gasteiger partial charge on any atom is 0.338 e. The number of nitrogens with zero attached hydrogens (tertiary/aromatic N) is 2. The fourth-order valence-corrected chi connectivity index (χ4v) is 2.74. The minimum Gasteiger partial charge on any atom is -0.480 e. The Morgan fingerprint density at radius 2 is 2.05 bits per heavy atom. The van der Waals surface area contributed by atoms with Crippen molar-refractivity contribution in [3.8, 4) is 0 Å². The summed E-state index contributed by atoms with van der Waals surface area (Å²) < 4.78 is 5.08. The summed E-state index contributed by atoms with van der Waals surface area (Å²) in [7, 11) is 0. The van der Waals surface area contributed by atoms with Gasteiger partial charge in [0.2, 0.25) is 0 Å². The van der Waals surface area contributed by atoms with Gasteiger partial charge in [0.1, 0.15) is 0 Å². The van der Waals surface area contributed by atoms with E-state index in [-0.39, 0.29) is 6.61 Å². The summed E-state index contributed by atoms with van der Waals surface area (Å²) >= 11 is 3.10. The zero-order chi connectivity index (χ0) is 16.4. The molecular formula is C15H15BrN2O4. The second-order valence-corrected chi connectivity index (χ2v) is 5.72. The Kier molecular flexibility index (Phi) is 4.75. The molecule has 0 spiro atoms. The van der Waals surface area contributed by atoms with Gasteiger partial charge in [0.15, 0.2) is 4.83 Å². The molecule has 22 heavy (non-hydrogen) atoms. The summed E-state index contributed by atoms with van der Waals surface area (Å²) in [6, 6.07) is 1.75. The van der Waals surface area contributed by atoms with Crippen LogP contribution < -0.4 is 0 Å². The van der Waals surface area contributed by atoms with Gasteiger partial charge in [0, 0.05) is 10.8 Å². The van der Waals surface area contributed by atoms with Gasteiger partial charge in [-0.05, 0) is 38.0 Å². The average molecular weight is 367 g/mol. The molecule has 0 aliphatic heterocycles. The first-order chi connectivity index (χ1) is 10.4. The van der Waals surface area contributed by atoms with E-state index in [0.29, 0.717) is 33.2 Å². The largest absolute Gasteiger partial charge is 0.480 e. The topological polar surface area (TPSA) is 89.4 Å². The van der Waals surface area contributed by atoms with Gasteiger partial charge in [-0.2, -0.15) is 10.2 Å². The third-order valence-electron chi connectivity index (χ3n) is 3.39. The summed E-state index contributed by atoms with van der Waals surface area (Å²) in [5.41, 5.74) is 2.21. The number of esters is 1. The van der Waals surface area contributed by atoms with Crippen molar-refractivity contribution in [3.05, 3.63) is 34.6 Å². The first kappa shape index (κ1) is 16.4. The fourth-order valence-electron chi connectivity index (χ4n) is 2.40. The number of hydrogen-bond acceptors (Lipinski definition) is 5. The molecule has 2 aromatic rings. The highest BCUT2D eigenvalue weighted by Crippen LogP contribution is 2.32. The lowest BCUT2D eigenvalue weighted by Gasteiger charge is -2.14. The second-order valence-electron chi connectivity index (χ2n) is 4.81. The molecule has 0 aliphatic rings. The maximum atomic E-state index is 12.1. The third kappa shape index (κ3) is 2.81. The number of carbonyl (C=O) groups is 2. The average Bonchev–Trinajstić information content (AvgIpc) is 2.46. The standard InChI is InChI=1S/C15H15BrN2O4/c1-4-22-15(21)11-7(2)5-9-10(8(11)3)6-17-18-13(9)12(16)14(19)20/h5-6,12H,4H2,1-3H3,(H,19,20). The van der Waals surface area contributed by atoms with Gasteiger partial charge in [0.25, 0.3) is 0 Å². The van der Waals surface area contributed by atoms with E-state index in [4.69, 9.17) is 9.84 Å². The van der Waals surface area contributed by atoms with Crippen LogP contribution in [0.5, 0.6) is 0 Å². The van der Waals surface area contributed by atoms with Crippen molar-refractivity contribution >= 4 is 38.6 Å².